The second kappa shape index (κ2) is 7.98. The normalized spacial score (nSPS) is 12.2. The minimum absolute atomic E-state index is 0.686. The second-order valence-corrected chi connectivity index (χ2v) is 6.14. The summed E-state index contributed by atoms with van der Waals surface area (Å²) in [7, 11) is 0. The number of hydrogen-bond acceptors (Lipinski definition) is 1. The molecule has 0 amide bonds. The molecular formula is C15H21BrClN. The summed E-state index contributed by atoms with van der Waals surface area (Å²) >= 11 is 9.49. The third-order valence-corrected chi connectivity index (χ3v) is 3.60. The molecule has 0 radical (unpaired) electrons. The largest absolute Gasteiger partial charge is 0.313 e. The number of hydrogen-bond donors (Lipinski definition) is 1. The van der Waals surface area contributed by atoms with E-state index in [9.17, 15) is 0 Å². The second-order valence-electron chi connectivity index (χ2n) is 4.85. The summed E-state index contributed by atoms with van der Waals surface area (Å²) in [6.07, 6.45) is 3.29. The van der Waals surface area contributed by atoms with Crippen LogP contribution in [0.4, 0.5) is 0 Å². The topological polar surface area (TPSA) is 12.0 Å². The lowest BCUT2D eigenvalue weighted by Crippen LogP contribution is -2.21. The molecule has 1 rings (SSSR count). The van der Waals surface area contributed by atoms with Crippen molar-refractivity contribution >= 4 is 33.6 Å². The van der Waals surface area contributed by atoms with Crippen molar-refractivity contribution in [3.8, 4) is 0 Å². The van der Waals surface area contributed by atoms with Crippen LogP contribution < -0.4 is 5.32 Å². The van der Waals surface area contributed by atoms with Gasteiger partial charge >= 0.3 is 0 Å². The van der Waals surface area contributed by atoms with Crippen molar-refractivity contribution in [2.24, 2.45) is 5.92 Å². The van der Waals surface area contributed by atoms with Crippen LogP contribution in [0, 0.1) is 5.92 Å². The molecule has 0 aliphatic heterocycles. The Bertz CT molecular complexity index is 413. The fraction of sp³-hybridized carbons (Fsp3) is 0.467. The fourth-order valence-corrected chi connectivity index (χ4v) is 2.44. The molecule has 0 saturated heterocycles. The smallest absolute Gasteiger partial charge is 0.0417 e. The maximum absolute atomic E-state index is 5.94. The molecule has 0 unspecified atom stereocenters. The first-order valence-electron chi connectivity index (χ1n) is 6.38. The van der Waals surface area contributed by atoms with E-state index in [0.717, 1.165) is 29.0 Å². The monoisotopic (exact) mass is 329 g/mol. The average molecular weight is 331 g/mol. The first-order chi connectivity index (χ1) is 8.52. The fourth-order valence-electron chi connectivity index (χ4n) is 1.64. The van der Waals surface area contributed by atoms with Crippen LogP contribution in [0.15, 0.2) is 28.2 Å². The summed E-state index contributed by atoms with van der Waals surface area (Å²) in [4.78, 5) is 0. The summed E-state index contributed by atoms with van der Waals surface area (Å²) in [5, 5.41) is 4.24. The van der Waals surface area contributed by atoms with E-state index in [-0.39, 0.29) is 0 Å². The Kier molecular flexibility index (Phi) is 6.98. The zero-order chi connectivity index (χ0) is 13.5. The summed E-state index contributed by atoms with van der Waals surface area (Å²) in [5.41, 5.74) is 2.58. The molecule has 1 aromatic carbocycles. The third kappa shape index (κ3) is 5.55. The average Bonchev–Trinajstić information content (AvgIpc) is 2.30. The number of nitrogens with one attached hydrogen (secondary N) is 1. The van der Waals surface area contributed by atoms with Crippen LogP contribution in [-0.4, -0.2) is 13.1 Å². The summed E-state index contributed by atoms with van der Waals surface area (Å²) < 4.78 is 1.05. The van der Waals surface area contributed by atoms with Crippen LogP contribution in [0.3, 0.4) is 0 Å². The number of halogens is 2. The zero-order valence-corrected chi connectivity index (χ0v) is 13.6. The molecule has 0 bridgehead atoms. The molecule has 1 N–H and O–H groups in total. The van der Waals surface area contributed by atoms with Gasteiger partial charge in [0, 0.05) is 16.0 Å². The number of rotatable bonds is 6. The van der Waals surface area contributed by atoms with E-state index >= 15 is 0 Å². The SMILES string of the molecule is CC/C(=C/c1ccc(Cl)cc1Br)CNCC(C)C. The summed E-state index contributed by atoms with van der Waals surface area (Å²) in [5.74, 6) is 0.686. The van der Waals surface area contributed by atoms with E-state index in [1.807, 2.05) is 18.2 Å². The van der Waals surface area contributed by atoms with Gasteiger partial charge < -0.3 is 5.32 Å². The predicted octanol–water partition coefficient (Wildman–Crippen LogP) is 5.14. The van der Waals surface area contributed by atoms with Gasteiger partial charge in [0.05, 0.1) is 0 Å². The van der Waals surface area contributed by atoms with Gasteiger partial charge in [0.15, 0.2) is 0 Å². The van der Waals surface area contributed by atoms with Crippen molar-refractivity contribution < 1.29 is 0 Å². The van der Waals surface area contributed by atoms with Gasteiger partial charge in [-0.3, -0.25) is 0 Å². The first-order valence-corrected chi connectivity index (χ1v) is 7.55. The van der Waals surface area contributed by atoms with E-state index in [0.29, 0.717) is 5.92 Å². The molecule has 100 valence electrons. The summed E-state index contributed by atoms with van der Waals surface area (Å²) in [6.45, 7) is 8.63. The van der Waals surface area contributed by atoms with Gasteiger partial charge in [-0.25, -0.2) is 0 Å². The maximum Gasteiger partial charge on any atom is 0.0417 e. The lowest BCUT2D eigenvalue weighted by Gasteiger charge is -2.10. The lowest BCUT2D eigenvalue weighted by atomic mass is 10.1. The highest BCUT2D eigenvalue weighted by molar-refractivity contribution is 9.10. The van der Waals surface area contributed by atoms with Crippen LogP contribution in [0.25, 0.3) is 6.08 Å². The van der Waals surface area contributed by atoms with Gasteiger partial charge in [0.25, 0.3) is 0 Å². The van der Waals surface area contributed by atoms with Crippen molar-refractivity contribution in [2.45, 2.75) is 27.2 Å². The molecule has 0 aliphatic carbocycles. The first kappa shape index (κ1) is 15.7. The molecule has 0 heterocycles. The molecule has 0 fully saturated rings. The van der Waals surface area contributed by atoms with Crippen molar-refractivity contribution in [1.82, 2.24) is 5.32 Å². The molecule has 1 nitrogen and oxygen atoms in total. The van der Waals surface area contributed by atoms with Gasteiger partial charge in [0.2, 0.25) is 0 Å². The zero-order valence-electron chi connectivity index (χ0n) is 11.3. The molecule has 0 aliphatic rings. The maximum atomic E-state index is 5.94. The van der Waals surface area contributed by atoms with Gasteiger partial charge in [-0.1, -0.05) is 66.0 Å². The van der Waals surface area contributed by atoms with Crippen molar-refractivity contribution in [3.05, 3.63) is 38.8 Å². The van der Waals surface area contributed by atoms with E-state index < -0.39 is 0 Å². The minimum Gasteiger partial charge on any atom is -0.313 e. The molecule has 3 heteroatoms. The molecule has 18 heavy (non-hydrogen) atoms. The van der Waals surface area contributed by atoms with Crippen molar-refractivity contribution in [1.29, 1.82) is 0 Å². The molecule has 0 spiro atoms. The van der Waals surface area contributed by atoms with Gasteiger partial charge in [-0.05, 0) is 36.6 Å². The Hall–Kier alpha value is -0.310. The van der Waals surface area contributed by atoms with Crippen LogP contribution in [0.1, 0.15) is 32.8 Å². The van der Waals surface area contributed by atoms with Gasteiger partial charge in [-0.2, -0.15) is 0 Å². The van der Waals surface area contributed by atoms with E-state index in [4.69, 9.17) is 11.6 Å². The highest BCUT2D eigenvalue weighted by atomic mass is 79.9. The van der Waals surface area contributed by atoms with E-state index in [2.05, 4.69) is 48.1 Å². The standard InChI is InChI=1S/C15H21BrClN/c1-4-12(10-18-9-11(2)3)7-13-5-6-14(17)8-15(13)16/h5-8,11,18H,4,9-10H2,1-3H3/b12-7-. The van der Waals surface area contributed by atoms with Gasteiger partial charge in [-0.15, -0.1) is 0 Å². The predicted molar refractivity (Wildman–Crippen MR) is 85.1 cm³/mol. The molecule has 0 aromatic heterocycles. The van der Waals surface area contributed by atoms with Crippen LogP contribution in [-0.2, 0) is 0 Å². The van der Waals surface area contributed by atoms with Crippen molar-refractivity contribution in [2.75, 3.05) is 13.1 Å². The lowest BCUT2D eigenvalue weighted by molar-refractivity contribution is 0.569. The van der Waals surface area contributed by atoms with E-state index in [1.165, 1.54) is 11.1 Å². The van der Waals surface area contributed by atoms with Crippen LogP contribution in [0.2, 0.25) is 5.02 Å². The highest BCUT2D eigenvalue weighted by Gasteiger charge is 2.01. The Morgan fingerprint density at radius 3 is 2.72 bits per heavy atom. The van der Waals surface area contributed by atoms with Crippen molar-refractivity contribution in [3.63, 3.8) is 0 Å². The number of benzene rings is 1. The molecule has 1 aromatic rings. The highest BCUT2D eigenvalue weighted by Crippen LogP contribution is 2.24. The van der Waals surface area contributed by atoms with Crippen LogP contribution in [0.5, 0.6) is 0 Å². The summed E-state index contributed by atoms with van der Waals surface area (Å²) in [6, 6.07) is 5.90. The molecule has 0 atom stereocenters. The Morgan fingerprint density at radius 1 is 1.44 bits per heavy atom. The Morgan fingerprint density at radius 2 is 2.17 bits per heavy atom. The van der Waals surface area contributed by atoms with Crippen LogP contribution >= 0.6 is 27.5 Å². The van der Waals surface area contributed by atoms with E-state index in [1.54, 1.807) is 0 Å². The minimum atomic E-state index is 0.686. The Labute approximate surface area is 124 Å². The molecule has 0 saturated carbocycles. The quantitative estimate of drug-likeness (QED) is 0.761. The van der Waals surface area contributed by atoms with Gasteiger partial charge in [0.1, 0.15) is 0 Å². The Balaban J connectivity index is 2.71. The molecular weight excluding hydrogens is 310 g/mol. The third-order valence-electron chi connectivity index (χ3n) is 2.68.